The van der Waals surface area contributed by atoms with Gasteiger partial charge in [-0.05, 0) is 83.3 Å². The van der Waals surface area contributed by atoms with E-state index in [0.717, 1.165) is 44.5 Å². The predicted molar refractivity (Wildman–Crippen MR) is 142 cm³/mol. The van der Waals surface area contributed by atoms with Gasteiger partial charge in [-0.3, -0.25) is 9.69 Å². The minimum Gasteiger partial charge on any atom is -0.335 e. The van der Waals surface area contributed by atoms with Crippen LogP contribution >= 0.6 is 11.8 Å². The van der Waals surface area contributed by atoms with Gasteiger partial charge in [0.15, 0.2) is 5.78 Å². The lowest BCUT2D eigenvalue weighted by Gasteiger charge is -2.46. The maximum Gasteiger partial charge on any atom is 0.209 e. The van der Waals surface area contributed by atoms with Gasteiger partial charge < -0.3 is 9.47 Å². The van der Waals surface area contributed by atoms with Crippen LogP contribution < -0.4 is 0 Å². The third-order valence-electron chi connectivity index (χ3n) is 7.22. The standard InChI is InChI=1S/C29H41NO3S/c1-20(2)7-6-8-21(3)13-25-14-22(4)17-29(32-25)18-24(19-30-9-11-34-12-10-30)26-16-27(31)23(5)15-28(26)33-29/h7,13,15,17-18,25-26,28H,6,8-12,14,16,19H2,1-5H3/t25-,26-,28-,29+/m1/s1. The summed E-state index contributed by atoms with van der Waals surface area (Å²) < 4.78 is 13.4. The zero-order valence-corrected chi connectivity index (χ0v) is 22.4. The molecule has 0 radical (unpaired) electrons. The molecular weight excluding hydrogens is 442 g/mol. The van der Waals surface area contributed by atoms with Crippen molar-refractivity contribution in [3.05, 3.63) is 58.2 Å². The molecule has 4 aliphatic rings. The number of hydrogen-bond acceptors (Lipinski definition) is 5. The van der Waals surface area contributed by atoms with Gasteiger partial charge in [-0.2, -0.15) is 11.8 Å². The van der Waals surface area contributed by atoms with Crippen molar-refractivity contribution < 1.29 is 14.3 Å². The van der Waals surface area contributed by atoms with Gasteiger partial charge >= 0.3 is 0 Å². The zero-order chi connectivity index (χ0) is 24.3. The van der Waals surface area contributed by atoms with Crippen LogP contribution in [0.5, 0.6) is 0 Å². The second-order valence-corrected chi connectivity index (χ2v) is 11.9. The molecule has 0 amide bonds. The van der Waals surface area contributed by atoms with Crippen LogP contribution in [0.25, 0.3) is 0 Å². The Balaban J connectivity index is 1.60. The van der Waals surface area contributed by atoms with Gasteiger partial charge in [-0.25, -0.2) is 0 Å². The number of ketones is 1. The molecule has 1 spiro atoms. The quantitative estimate of drug-likeness (QED) is 0.432. The molecule has 4 nitrogen and oxygen atoms in total. The Morgan fingerprint density at radius 3 is 2.65 bits per heavy atom. The van der Waals surface area contributed by atoms with Gasteiger partial charge in [-0.15, -0.1) is 0 Å². The molecular formula is C29H41NO3S. The van der Waals surface area contributed by atoms with E-state index in [2.05, 4.69) is 56.9 Å². The number of hydrogen-bond donors (Lipinski definition) is 0. The van der Waals surface area contributed by atoms with Gasteiger partial charge in [0.2, 0.25) is 5.79 Å². The van der Waals surface area contributed by atoms with Crippen LogP contribution in [0.15, 0.2) is 58.2 Å². The average Bonchev–Trinajstić information content (AvgIpc) is 2.75. The molecule has 3 aliphatic heterocycles. The Kier molecular flexibility index (Phi) is 8.40. The van der Waals surface area contributed by atoms with E-state index in [-0.39, 0.29) is 23.9 Å². The van der Waals surface area contributed by atoms with Gasteiger partial charge in [0.05, 0.1) is 12.2 Å². The molecule has 1 saturated heterocycles. The molecule has 4 atom stereocenters. The Morgan fingerprint density at radius 2 is 1.91 bits per heavy atom. The predicted octanol–water partition coefficient (Wildman–Crippen LogP) is 6.02. The molecule has 1 aliphatic carbocycles. The second-order valence-electron chi connectivity index (χ2n) is 10.7. The molecule has 0 saturated carbocycles. The first-order valence-corrected chi connectivity index (χ1v) is 14.0. The Labute approximate surface area is 210 Å². The van der Waals surface area contributed by atoms with Crippen molar-refractivity contribution in [2.45, 2.75) is 78.3 Å². The Morgan fingerprint density at radius 1 is 1.15 bits per heavy atom. The monoisotopic (exact) mass is 483 g/mol. The van der Waals surface area contributed by atoms with Crippen molar-refractivity contribution in [1.29, 1.82) is 0 Å². The van der Waals surface area contributed by atoms with E-state index in [4.69, 9.17) is 9.47 Å². The van der Waals surface area contributed by atoms with E-state index in [1.54, 1.807) is 0 Å². The van der Waals surface area contributed by atoms with Crippen molar-refractivity contribution >= 4 is 17.5 Å². The fourth-order valence-electron chi connectivity index (χ4n) is 5.43. The maximum atomic E-state index is 12.6. The number of fused-ring (bicyclic) bond motifs is 1. The number of allylic oxidation sites excluding steroid dienone is 4. The van der Waals surface area contributed by atoms with Gasteiger partial charge in [0.25, 0.3) is 0 Å². The Bertz CT molecular complexity index is 933. The van der Waals surface area contributed by atoms with Crippen LogP contribution in [0.3, 0.4) is 0 Å². The summed E-state index contributed by atoms with van der Waals surface area (Å²) in [6.07, 6.45) is 14.4. The summed E-state index contributed by atoms with van der Waals surface area (Å²) >= 11 is 2.03. The fourth-order valence-corrected chi connectivity index (χ4v) is 6.41. The molecule has 3 heterocycles. The molecule has 0 aromatic carbocycles. The third-order valence-corrected chi connectivity index (χ3v) is 8.16. The van der Waals surface area contributed by atoms with Crippen LogP contribution in [0, 0.1) is 5.92 Å². The molecule has 4 rings (SSSR count). The smallest absolute Gasteiger partial charge is 0.209 e. The van der Waals surface area contributed by atoms with Gasteiger partial charge in [-0.1, -0.05) is 28.9 Å². The lowest BCUT2D eigenvalue weighted by atomic mass is 9.78. The van der Waals surface area contributed by atoms with E-state index >= 15 is 0 Å². The number of carbonyl (C=O) groups is 1. The van der Waals surface area contributed by atoms with Crippen LogP contribution in [0.2, 0.25) is 0 Å². The number of nitrogens with zero attached hydrogens (tertiary/aromatic N) is 1. The summed E-state index contributed by atoms with van der Waals surface area (Å²) in [7, 11) is 0. The molecule has 0 unspecified atom stereocenters. The largest absolute Gasteiger partial charge is 0.335 e. The number of rotatable bonds is 6. The first-order valence-electron chi connectivity index (χ1n) is 12.8. The second kappa shape index (κ2) is 11.1. The fraction of sp³-hybridized carbons (Fsp3) is 0.621. The third kappa shape index (κ3) is 6.42. The highest BCUT2D eigenvalue weighted by atomic mass is 32.2. The molecule has 0 aromatic rings. The highest BCUT2D eigenvalue weighted by Gasteiger charge is 2.45. The Hall–Kier alpha value is -1.40. The molecule has 0 N–H and O–H groups in total. The highest BCUT2D eigenvalue weighted by molar-refractivity contribution is 7.99. The van der Waals surface area contributed by atoms with E-state index < -0.39 is 5.79 Å². The highest BCUT2D eigenvalue weighted by Crippen LogP contribution is 2.43. The molecule has 34 heavy (non-hydrogen) atoms. The minimum absolute atomic E-state index is 0.00700. The van der Waals surface area contributed by atoms with Crippen LogP contribution in [-0.4, -0.2) is 59.8 Å². The molecule has 186 valence electrons. The molecule has 0 bridgehead atoms. The van der Waals surface area contributed by atoms with Gasteiger partial charge in [0.1, 0.15) is 0 Å². The van der Waals surface area contributed by atoms with Crippen molar-refractivity contribution in [2.24, 2.45) is 5.92 Å². The summed E-state index contributed by atoms with van der Waals surface area (Å²) in [5.41, 5.74) is 6.13. The van der Waals surface area contributed by atoms with E-state index in [0.29, 0.717) is 6.42 Å². The van der Waals surface area contributed by atoms with E-state index in [1.807, 2.05) is 24.8 Å². The molecule has 5 heteroatoms. The summed E-state index contributed by atoms with van der Waals surface area (Å²) in [5, 5.41) is 0. The summed E-state index contributed by atoms with van der Waals surface area (Å²) in [6.45, 7) is 13.7. The lowest BCUT2D eigenvalue weighted by Crippen LogP contribution is -2.50. The minimum atomic E-state index is -0.859. The number of ether oxygens (including phenoxy) is 2. The normalized spacial score (nSPS) is 32.6. The van der Waals surface area contributed by atoms with Crippen molar-refractivity contribution in [3.8, 4) is 0 Å². The van der Waals surface area contributed by atoms with Crippen LogP contribution in [0.4, 0.5) is 0 Å². The number of carbonyl (C=O) groups excluding carboxylic acids is 1. The SMILES string of the molecule is CC(C)=CCCC(C)=C[C@@H]1CC(C)=C[C@]2(C=C(CN3CCSCC3)[C@H]3CC(=O)C(C)=C[C@H]3O2)O1. The summed E-state index contributed by atoms with van der Waals surface area (Å²) in [4.78, 5) is 15.1. The van der Waals surface area contributed by atoms with Crippen molar-refractivity contribution in [2.75, 3.05) is 31.1 Å². The first-order chi connectivity index (χ1) is 16.2. The maximum absolute atomic E-state index is 12.6. The average molecular weight is 484 g/mol. The number of thioether (sulfide) groups is 1. The lowest BCUT2D eigenvalue weighted by molar-refractivity contribution is -0.224. The topological polar surface area (TPSA) is 38.8 Å². The van der Waals surface area contributed by atoms with E-state index in [1.165, 1.54) is 33.8 Å². The first kappa shape index (κ1) is 25.7. The van der Waals surface area contributed by atoms with E-state index in [9.17, 15) is 4.79 Å². The molecule has 1 fully saturated rings. The van der Waals surface area contributed by atoms with Gasteiger partial charge in [0, 0.05) is 43.5 Å². The van der Waals surface area contributed by atoms with Crippen LogP contribution in [0.1, 0.15) is 60.3 Å². The van der Waals surface area contributed by atoms with Crippen molar-refractivity contribution in [1.82, 2.24) is 4.90 Å². The zero-order valence-electron chi connectivity index (χ0n) is 21.6. The van der Waals surface area contributed by atoms with Crippen LogP contribution in [-0.2, 0) is 14.3 Å². The van der Waals surface area contributed by atoms with Crippen molar-refractivity contribution in [3.63, 3.8) is 0 Å². The molecule has 0 aromatic heterocycles. The number of Topliss-reactive ketones (excluding diaryl/α,β-unsaturated/α-hetero) is 1. The summed E-state index contributed by atoms with van der Waals surface area (Å²) in [5.74, 6) is 1.84. The summed E-state index contributed by atoms with van der Waals surface area (Å²) in [6, 6.07) is 0.